The second kappa shape index (κ2) is 9.64. The first kappa shape index (κ1) is 22.2. The molecule has 32 heavy (non-hydrogen) atoms. The predicted octanol–water partition coefficient (Wildman–Crippen LogP) is 4.39. The van der Waals surface area contributed by atoms with Gasteiger partial charge in [0.1, 0.15) is 10.6 Å². The highest BCUT2D eigenvalue weighted by atomic mass is 32.2. The van der Waals surface area contributed by atoms with Crippen LogP contribution in [0.4, 0.5) is 5.69 Å². The summed E-state index contributed by atoms with van der Waals surface area (Å²) in [6.45, 7) is 0.999. The van der Waals surface area contributed by atoms with Gasteiger partial charge in [0.05, 0.1) is 4.90 Å². The van der Waals surface area contributed by atoms with Crippen LogP contribution in [0.1, 0.15) is 39.3 Å². The third-order valence-electron chi connectivity index (χ3n) is 5.07. The molecule has 0 aliphatic carbocycles. The Morgan fingerprint density at radius 1 is 0.938 bits per heavy atom. The molecule has 0 bridgehead atoms. The van der Waals surface area contributed by atoms with Crippen molar-refractivity contribution < 1.29 is 22.7 Å². The molecular weight excluding hydrogens is 448 g/mol. The standard InChI is InChI=1S/C23H22N2O5S2/c26-22(17-8-3-1-4-9-17)24-18-10-7-11-19(14-18)30-23(27)21-15-20(16-31-21)32(28,29)25-12-5-2-6-13-25/h1,3-4,7-11,14-16H,2,5-6,12-13H2,(H,24,26). The summed E-state index contributed by atoms with van der Waals surface area (Å²) in [4.78, 5) is 25.2. The van der Waals surface area contributed by atoms with E-state index in [0.29, 0.717) is 24.3 Å². The molecule has 1 aliphatic heterocycles. The summed E-state index contributed by atoms with van der Waals surface area (Å²) < 4.78 is 32.4. The van der Waals surface area contributed by atoms with Crippen LogP contribution in [0.5, 0.6) is 5.75 Å². The quantitative estimate of drug-likeness (QED) is 0.426. The average Bonchev–Trinajstić information content (AvgIpc) is 3.32. The van der Waals surface area contributed by atoms with Crippen LogP contribution in [0.3, 0.4) is 0 Å². The van der Waals surface area contributed by atoms with Crippen LogP contribution in [-0.2, 0) is 10.0 Å². The van der Waals surface area contributed by atoms with Gasteiger partial charge < -0.3 is 10.1 Å². The molecule has 4 rings (SSSR count). The number of rotatable bonds is 6. The maximum Gasteiger partial charge on any atom is 0.353 e. The van der Waals surface area contributed by atoms with Crippen LogP contribution >= 0.6 is 11.3 Å². The lowest BCUT2D eigenvalue weighted by Crippen LogP contribution is -2.35. The lowest BCUT2D eigenvalue weighted by atomic mass is 10.2. The molecule has 1 amide bonds. The fraction of sp³-hybridized carbons (Fsp3) is 0.217. The Balaban J connectivity index is 1.43. The van der Waals surface area contributed by atoms with E-state index < -0.39 is 16.0 Å². The SMILES string of the molecule is O=C(Nc1cccc(OC(=O)c2cc(S(=O)(=O)N3CCCCC3)cs2)c1)c1ccccc1. The van der Waals surface area contributed by atoms with Crippen molar-refractivity contribution in [1.82, 2.24) is 4.31 Å². The summed E-state index contributed by atoms with van der Waals surface area (Å²) in [5, 5.41) is 4.23. The molecule has 9 heteroatoms. The zero-order valence-electron chi connectivity index (χ0n) is 17.2. The predicted molar refractivity (Wildman–Crippen MR) is 123 cm³/mol. The second-order valence-corrected chi connectivity index (χ2v) is 10.2. The number of nitrogens with one attached hydrogen (secondary N) is 1. The number of nitrogens with zero attached hydrogens (tertiary/aromatic N) is 1. The molecule has 0 saturated carbocycles. The summed E-state index contributed by atoms with van der Waals surface area (Å²) in [6.07, 6.45) is 2.71. The monoisotopic (exact) mass is 470 g/mol. The van der Waals surface area contributed by atoms with Crippen LogP contribution < -0.4 is 10.1 Å². The van der Waals surface area contributed by atoms with Crippen molar-refractivity contribution in [3.05, 3.63) is 76.5 Å². The molecule has 1 saturated heterocycles. The minimum Gasteiger partial charge on any atom is -0.422 e. The molecule has 1 fully saturated rings. The Kier molecular flexibility index (Phi) is 6.69. The summed E-state index contributed by atoms with van der Waals surface area (Å²) in [5.74, 6) is -0.684. The first-order chi connectivity index (χ1) is 15.4. The van der Waals surface area contributed by atoms with E-state index in [9.17, 15) is 18.0 Å². The largest absolute Gasteiger partial charge is 0.422 e. The van der Waals surface area contributed by atoms with E-state index in [2.05, 4.69) is 5.32 Å². The average molecular weight is 471 g/mol. The van der Waals surface area contributed by atoms with Gasteiger partial charge in [-0.25, -0.2) is 13.2 Å². The number of amides is 1. The first-order valence-corrected chi connectivity index (χ1v) is 12.5. The van der Waals surface area contributed by atoms with Crippen molar-refractivity contribution in [2.75, 3.05) is 18.4 Å². The molecule has 0 spiro atoms. The highest BCUT2D eigenvalue weighted by Crippen LogP contribution is 2.27. The normalized spacial score (nSPS) is 14.6. The Bertz CT molecular complexity index is 1220. The number of hydrogen-bond donors (Lipinski definition) is 1. The van der Waals surface area contributed by atoms with Gasteiger partial charge >= 0.3 is 5.97 Å². The number of carbonyl (C=O) groups is 2. The van der Waals surface area contributed by atoms with Crippen molar-refractivity contribution in [3.8, 4) is 5.75 Å². The molecule has 2 heterocycles. The molecule has 0 radical (unpaired) electrons. The van der Waals surface area contributed by atoms with E-state index in [0.717, 1.165) is 30.6 Å². The van der Waals surface area contributed by atoms with E-state index in [1.54, 1.807) is 42.5 Å². The van der Waals surface area contributed by atoms with Crippen molar-refractivity contribution in [1.29, 1.82) is 0 Å². The summed E-state index contributed by atoms with van der Waals surface area (Å²) in [7, 11) is -3.61. The van der Waals surface area contributed by atoms with Gasteiger partial charge in [0.15, 0.2) is 0 Å². The molecule has 166 valence electrons. The van der Waals surface area contributed by atoms with E-state index in [-0.39, 0.29) is 21.4 Å². The maximum absolute atomic E-state index is 12.8. The second-order valence-electron chi connectivity index (χ2n) is 7.35. The fourth-order valence-corrected chi connectivity index (χ4v) is 6.06. The number of piperidine rings is 1. The van der Waals surface area contributed by atoms with Gasteiger partial charge in [-0.1, -0.05) is 30.7 Å². The summed E-state index contributed by atoms with van der Waals surface area (Å²) in [5.41, 5.74) is 0.986. The molecular formula is C23H22N2O5S2. The zero-order chi connectivity index (χ0) is 22.6. The van der Waals surface area contributed by atoms with Gasteiger partial charge in [0.25, 0.3) is 5.91 Å². The molecule has 2 aromatic carbocycles. The molecule has 3 aromatic rings. The minimum atomic E-state index is -3.61. The lowest BCUT2D eigenvalue weighted by molar-refractivity contribution is 0.0739. The fourth-order valence-electron chi connectivity index (χ4n) is 3.40. The number of benzene rings is 2. The molecule has 1 aliphatic rings. The maximum atomic E-state index is 12.8. The van der Waals surface area contributed by atoms with Crippen molar-refractivity contribution in [2.24, 2.45) is 0 Å². The van der Waals surface area contributed by atoms with Gasteiger partial charge in [-0.2, -0.15) is 4.31 Å². The molecule has 1 N–H and O–H groups in total. The van der Waals surface area contributed by atoms with Crippen LogP contribution in [0.2, 0.25) is 0 Å². The summed E-state index contributed by atoms with van der Waals surface area (Å²) >= 11 is 1.03. The van der Waals surface area contributed by atoms with Crippen LogP contribution in [0, 0.1) is 0 Å². The van der Waals surface area contributed by atoms with Crippen LogP contribution in [-0.4, -0.2) is 37.7 Å². The number of sulfonamides is 1. The Labute approximate surface area is 190 Å². The molecule has 7 nitrogen and oxygen atoms in total. The number of carbonyl (C=O) groups excluding carboxylic acids is 2. The molecule has 1 aromatic heterocycles. The number of thiophene rings is 1. The Morgan fingerprint density at radius 3 is 2.44 bits per heavy atom. The number of anilines is 1. The van der Waals surface area contributed by atoms with Crippen molar-refractivity contribution >= 4 is 38.9 Å². The third kappa shape index (κ3) is 5.07. The van der Waals surface area contributed by atoms with Gasteiger partial charge in [-0.3, -0.25) is 4.79 Å². The van der Waals surface area contributed by atoms with Crippen LogP contribution in [0.15, 0.2) is 70.9 Å². The minimum absolute atomic E-state index is 0.111. The van der Waals surface area contributed by atoms with E-state index >= 15 is 0 Å². The van der Waals surface area contributed by atoms with Gasteiger partial charge in [-0.05, 0) is 43.2 Å². The first-order valence-electron chi connectivity index (χ1n) is 10.2. The number of hydrogen-bond acceptors (Lipinski definition) is 6. The molecule has 0 atom stereocenters. The van der Waals surface area contributed by atoms with Gasteiger partial charge in [0, 0.05) is 35.8 Å². The Hall–Kier alpha value is -3.01. The third-order valence-corrected chi connectivity index (χ3v) is 8.00. The lowest BCUT2D eigenvalue weighted by Gasteiger charge is -2.25. The number of ether oxygens (including phenoxy) is 1. The van der Waals surface area contributed by atoms with Crippen LogP contribution in [0.25, 0.3) is 0 Å². The van der Waals surface area contributed by atoms with Gasteiger partial charge in [-0.15, -0.1) is 11.3 Å². The van der Waals surface area contributed by atoms with Gasteiger partial charge in [0.2, 0.25) is 10.0 Å². The highest BCUT2D eigenvalue weighted by Gasteiger charge is 2.28. The smallest absolute Gasteiger partial charge is 0.353 e. The number of esters is 1. The topological polar surface area (TPSA) is 92.8 Å². The van der Waals surface area contributed by atoms with E-state index in [4.69, 9.17) is 4.74 Å². The Morgan fingerprint density at radius 2 is 1.69 bits per heavy atom. The molecule has 0 unspecified atom stereocenters. The van der Waals surface area contributed by atoms with Crippen molar-refractivity contribution in [2.45, 2.75) is 24.2 Å². The zero-order valence-corrected chi connectivity index (χ0v) is 18.8. The van der Waals surface area contributed by atoms with E-state index in [1.807, 2.05) is 6.07 Å². The summed E-state index contributed by atoms with van der Waals surface area (Å²) in [6, 6.07) is 16.6. The van der Waals surface area contributed by atoms with Crippen molar-refractivity contribution in [3.63, 3.8) is 0 Å². The van der Waals surface area contributed by atoms with E-state index in [1.165, 1.54) is 21.8 Å². The highest BCUT2D eigenvalue weighted by molar-refractivity contribution is 7.89.